The van der Waals surface area contributed by atoms with Crippen LogP contribution >= 0.6 is 0 Å². The second kappa shape index (κ2) is 6.75. The molecule has 0 fully saturated rings. The molecule has 0 heterocycles. The molecule has 0 aliphatic heterocycles. The lowest BCUT2D eigenvalue weighted by Crippen LogP contribution is -2.20. The smallest absolute Gasteiger partial charge is 0.200 e. The number of hydrogen-bond donors (Lipinski definition) is 1. The Morgan fingerprint density at radius 3 is 2.32 bits per heavy atom. The van der Waals surface area contributed by atoms with Crippen molar-refractivity contribution >= 4 is 15.9 Å². The molecule has 0 aliphatic carbocycles. The van der Waals surface area contributed by atoms with Gasteiger partial charge in [-0.3, -0.25) is 0 Å². The number of rotatable bonds is 4. The van der Waals surface area contributed by atoms with Gasteiger partial charge in [0, 0.05) is 10.5 Å². The average molecular weight is 315 g/mol. The van der Waals surface area contributed by atoms with Crippen molar-refractivity contribution in [3.05, 3.63) is 76.2 Å². The molecule has 0 aliphatic rings. The summed E-state index contributed by atoms with van der Waals surface area (Å²) in [6.45, 7) is 1.91. The summed E-state index contributed by atoms with van der Waals surface area (Å²) in [5.41, 5.74) is 10.1. The molecule has 7 nitrogen and oxygen atoms in total. The monoisotopic (exact) mass is 315 g/mol. The van der Waals surface area contributed by atoms with Gasteiger partial charge >= 0.3 is 0 Å². The third kappa shape index (κ3) is 3.85. The van der Waals surface area contributed by atoms with Gasteiger partial charge in [0.25, 0.3) is 10.0 Å². The van der Waals surface area contributed by atoms with E-state index in [2.05, 4.69) is 20.0 Å². The Kier molecular flexibility index (Phi) is 4.77. The zero-order valence-corrected chi connectivity index (χ0v) is 12.5. The van der Waals surface area contributed by atoms with Gasteiger partial charge in [0.2, 0.25) is 0 Å². The molecule has 0 unspecified atom stereocenters. The lowest BCUT2D eigenvalue weighted by atomic mass is 10.1. The van der Waals surface area contributed by atoms with E-state index >= 15 is 0 Å². The van der Waals surface area contributed by atoms with E-state index < -0.39 is 10.0 Å². The lowest BCUT2D eigenvalue weighted by molar-refractivity contribution is 0.584. The Labute approximate surface area is 128 Å². The Morgan fingerprint density at radius 1 is 1.09 bits per heavy atom. The molecule has 2 rings (SSSR count). The van der Waals surface area contributed by atoms with E-state index in [9.17, 15) is 8.42 Å². The van der Waals surface area contributed by atoms with Crippen molar-refractivity contribution in [1.29, 1.82) is 0 Å². The fraction of sp³-hybridized carbons (Fsp3) is 0.0714. The van der Waals surface area contributed by atoms with Crippen LogP contribution in [0.25, 0.3) is 10.4 Å². The molecule has 0 amide bonds. The van der Waals surface area contributed by atoms with Crippen molar-refractivity contribution in [2.45, 2.75) is 11.8 Å². The number of nitrogens with one attached hydrogen (secondary N) is 1. The van der Waals surface area contributed by atoms with Crippen LogP contribution in [0, 0.1) is 6.92 Å². The maximum Gasteiger partial charge on any atom is 0.276 e. The molecule has 8 heteroatoms. The normalized spacial score (nSPS) is 11.6. The number of amidine groups is 1. The van der Waals surface area contributed by atoms with Crippen molar-refractivity contribution in [3.8, 4) is 0 Å². The van der Waals surface area contributed by atoms with Crippen LogP contribution in [-0.4, -0.2) is 14.3 Å². The second-order valence-electron chi connectivity index (χ2n) is 4.40. The summed E-state index contributed by atoms with van der Waals surface area (Å²) in [4.78, 5) is 4.81. The van der Waals surface area contributed by atoms with Gasteiger partial charge in [-0.25, -0.2) is 0 Å². The number of hydrogen-bond acceptors (Lipinski definition) is 3. The van der Waals surface area contributed by atoms with Gasteiger partial charge in [0.15, 0.2) is 5.84 Å². The van der Waals surface area contributed by atoms with E-state index in [0.717, 1.165) is 5.56 Å². The van der Waals surface area contributed by atoms with E-state index in [1.165, 1.54) is 12.1 Å². The van der Waals surface area contributed by atoms with Crippen molar-refractivity contribution in [2.75, 3.05) is 0 Å². The lowest BCUT2D eigenvalue weighted by Gasteiger charge is -2.05. The molecule has 0 atom stereocenters. The minimum atomic E-state index is -3.81. The molecule has 22 heavy (non-hydrogen) atoms. The molecule has 2 aromatic rings. The highest BCUT2D eigenvalue weighted by Gasteiger charge is 2.12. The molecule has 1 N–H and O–H groups in total. The van der Waals surface area contributed by atoms with E-state index in [0.29, 0.717) is 5.56 Å². The largest absolute Gasteiger partial charge is 0.276 e. The molecule has 0 saturated heterocycles. The van der Waals surface area contributed by atoms with Crippen molar-refractivity contribution in [3.63, 3.8) is 0 Å². The predicted molar refractivity (Wildman–Crippen MR) is 83.6 cm³/mol. The van der Waals surface area contributed by atoms with Crippen molar-refractivity contribution < 1.29 is 8.42 Å². The number of azide groups is 1. The highest BCUT2D eigenvalue weighted by molar-refractivity contribution is 7.89. The number of benzene rings is 2. The van der Waals surface area contributed by atoms with Crippen LogP contribution in [0.3, 0.4) is 0 Å². The highest BCUT2D eigenvalue weighted by atomic mass is 32.2. The van der Waals surface area contributed by atoms with Gasteiger partial charge in [0.1, 0.15) is 0 Å². The van der Waals surface area contributed by atoms with Crippen molar-refractivity contribution in [1.82, 2.24) is 4.83 Å². The molecule has 0 spiro atoms. The van der Waals surface area contributed by atoms with E-state index in [-0.39, 0.29) is 10.7 Å². The Bertz CT molecular complexity index is 823. The third-order valence-electron chi connectivity index (χ3n) is 2.77. The Balaban J connectivity index is 2.32. The predicted octanol–water partition coefficient (Wildman–Crippen LogP) is 2.95. The topological polar surface area (TPSA) is 107 Å². The van der Waals surface area contributed by atoms with Gasteiger partial charge in [0.05, 0.1) is 4.90 Å². The summed E-state index contributed by atoms with van der Waals surface area (Å²) in [6, 6.07) is 14.8. The maximum atomic E-state index is 12.1. The van der Waals surface area contributed by atoms with Gasteiger partial charge in [-0.05, 0) is 29.7 Å². The van der Waals surface area contributed by atoms with Gasteiger partial charge in [-0.2, -0.15) is 18.4 Å². The van der Waals surface area contributed by atoms with Crippen LogP contribution in [0.5, 0.6) is 0 Å². The first-order chi connectivity index (χ1) is 10.5. The first kappa shape index (κ1) is 15.6. The van der Waals surface area contributed by atoms with Crippen molar-refractivity contribution in [2.24, 2.45) is 10.2 Å². The van der Waals surface area contributed by atoms with E-state index in [1.54, 1.807) is 30.3 Å². The fourth-order valence-corrected chi connectivity index (χ4v) is 2.47. The van der Waals surface area contributed by atoms with E-state index in [1.807, 2.05) is 19.1 Å². The summed E-state index contributed by atoms with van der Waals surface area (Å²) in [6.07, 6.45) is 0. The van der Waals surface area contributed by atoms with Crippen LogP contribution in [0.15, 0.2) is 69.7 Å². The Hall–Kier alpha value is -2.83. The average Bonchev–Trinajstić information content (AvgIpc) is 2.53. The summed E-state index contributed by atoms with van der Waals surface area (Å²) >= 11 is 0. The molecule has 112 valence electrons. The minimum absolute atomic E-state index is 0.0537. The SMILES string of the molecule is Cc1ccc(/C(N=[N+]=[N-])=N/NS(=O)(=O)c2ccccc2)cc1. The third-order valence-corrected chi connectivity index (χ3v) is 4.00. The van der Waals surface area contributed by atoms with Gasteiger partial charge < -0.3 is 0 Å². The first-order valence-electron chi connectivity index (χ1n) is 6.29. The molecule has 0 saturated carbocycles. The summed E-state index contributed by atoms with van der Waals surface area (Å²) in [5.74, 6) is -0.0537. The van der Waals surface area contributed by atoms with Gasteiger partial charge in [-0.15, -0.1) is 0 Å². The van der Waals surface area contributed by atoms with E-state index in [4.69, 9.17) is 5.53 Å². The summed E-state index contributed by atoms with van der Waals surface area (Å²) in [7, 11) is -3.81. The van der Waals surface area contributed by atoms with Gasteiger partial charge in [-0.1, -0.05) is 48.0 Å². The van der Waals surface area contributed by atoms with Crippen LogP contribution < -0.4 is 4.83 Å². The quantitative estimate of drug-likeness (QED) is 0.234. The number of hydrazone groups is 1. The number of nitrogens with zero attached hydrogens (tertiary/aromatic N) is 4. The zero-order chi connectivity index (χ0) is 16.0. The molecule has 0 bridgehead atoms. The van der Waals surface area contributed by atoms with Crippen LogP contribution in [0.2, 0.25) is 0 Å². The second-order valence-corrected chi connectivity index (χ2v) is 6.06. The maximum absolute atomic E-state index is 12.1. The first-order valence-corrected chi connectivity index (χ1v) is 7.78. The molecular formula is C14H13N5O2S. The number of aryl methyl sites for hydroxylation is 1. The molecule has 0 aromatic heterocycles. The number of sulfonamides is 1. The summed E-state index contributed by atoms with van der Waals surface area (Å²) < 4.78 is 24.1. The molecule has 2 aromatic carbocycles. The highest BCUT2D eigenvalue weighted by Crippen LogP contribution is 2.09. The zero-order valence-electron chi connectivity index (χ0n) is 11.7. The van der Waals surface area contributed by atoms with Crippen LogP contribution in [-0.2, 0) is 10.0 Å². The molecule has 0 radical (unpaired) electrons. The Morgan fingerprint density at radius 2 is 1.73 bits per heavy atom. The van der Waals surface area contributed by atoms with Crippen LogP contribution in [0.4, 0.5) is 0 Å². The standard InChI is InChI=1S/C14H13N5O2S/c1-11-7-9-12(10-8-11)14(16-18-15)17-19-22(20,21)13-5-3-2-4-6-13/h2-10,19H,1H3/b17-14-. The summed E-state index contributed by atoms with van der Waals surface area (Å²) in [5, 5.41) is 7.14. The minimum Gasteiger partial charge on any atom is -0.200 e. The fourth-order valence-electron chi connectivity index (χ4n) is 1.65. The molecular weight excluding hydrogens is 302 g/mol. The van der Waals surface area contributed by atoms with Crippen LogP contribution in [0.1, 0.15) is 11.1 Å².